The smallest absolute Gasteiger partial charge is 0.150 e. The van der Waals surface area contributed by atoms with Gasteiger partial charge in [-0.3, -0.25) is 9.59 Å². The monoisotopic (exact) mass is 511 g/mol. The summed E-state index contributed by atoms with van der Waals surface area (Å²) in [4.78, 5) is 20.1. The predicted octanol–water partition coefficient (Wildman–Crippen LogP) is 2.41. The molecule has 2 N–H and O–H groups in total. The fourth-order valence-corrected chi connectivity index (χ4v) is 1.11. The van der Waals surface area contributed by atoms with Gasteiger partial charge in [0.05, 0.1) is 0 Å². The van der Waals surface area contributed by atoms with E-state index in [1.54, 1.807) is 24.3 Å². The Morgan fingerprint density at radius 3 is 1.11 bits per heavy atom. The number of aromatic hydroxyl groups is 2. The Morgan fingerprint density at radius 1 is 0.632 bits per heavy atom. The van der Waals surface area contributed by atoms with E-state index in [-0.39, 0.29) is 11.5 Å². The summed E-state index contributed by atoms with van der Waals surface area (Å²) < 4.78 is 0. The molecule has 2 aromatic carbocycles. The molecule has 0 aliphatic carbocycles. The average molecular weight is 511 g/mol. The van der Waals surface area contributed by atoms with Crippen LogP contribution in [0.1, 0.15) is 20.7 Å². The van der Waals surface area contributed by atoms with Gasteiger partial charge in [-0.25, -0.2) is 0 Å². The van der Waals surface area contributed by atoms with Crippen LogP contribution in [0.15, 0.2) is 48.5 Å². The van der Waals surface area contributed by atoms with Crippen molar-refractivity contribution in [2.45, 2.75) is 0 Å². The van der Waals surface area contributed by atoms with Crippen molar-refractivity contribution in [1.29, 1.82) is 0 Å². The molecule has 0 heterocycles. The fourth-order valence-electron chi connectivity index (χ4n) is 1.11. The Labute approximate surface area is 104 Å². The number of aldehydes is 2. The molecular weight excluding hydrogens is 499 g/mol. The van der Waals surface area contributed by atoms with Gasteiger partial charge in [0.15, 0.2) is 0 Å². The van der Waals surface area contributed by atoms with Gasteiger partial charge in [-0.1, -0.05) is 0 Å². The van der Waals surface area contributed by atoms with Gasteiger partial charge in [0, 0.05) is 11.1 Å². The van der Waals surface area contributed by atoms with Gasteiger partial charge in [0.1, 0.15) is 24.1 Å². The maximum Gasteiger partial charge on any atom is 0.150 e. The second-order valence-corrected chi connectivity index (χ2v) is 3.42. The van der Waals surface area contributed by atoms with Gasteiger partial charge in [-0.2, -0.15) is 0 Å². The van der Waals surface area contributed by atoms with Crippen molar-refractivity contribution in [1.82, 2.24) is 0 Å². The Morgan fingerprint density at radius 2 is 0.895 bits per heavy atom. The molecular formula is C14H12O4Rf. The molecule has 19 heavy (non-hydrogen) atoms. The van der Waals surface area contributed by atoms with E-state index in [0.717, 1.165) is 12.6 Å². The third-order valence-corrected chi connectivity index (χ3v) is 2.06. The molecule has 0 amide bonds. The van der Waals surface area contributed by atoms with Gasteiger partial charge < -0.3 is 10.2 Å². The predicted molar refractivity (Wildman–Crippen MR) is 67.0 cm³/mol. The summed E-state index contributed by atoms with van der Waals surface area (Å²) in [5.41, 5.74) is 1.15. The maximum atomic E-state index is 10.0. The van der Waals surface area contributed by atoms with Gasteiger partial charge in [0.25, 0.3) is 0 Å². The third-order valence-electron chi connectivity index (χ3n) is 2.06. The van der Waals surface area contributed by atoms with Crippen molar-refractivity contribution in [2.75, 3.05) is 0 Å². The second-order valence-electron chi connectivity index (χ2n) is 3.42. The van der Waals surface area contributed by atoms with Crippen LogP contribution in [-0.4, -0.2) is 22.8 Å². The number of hydrogen-bond acceptors (Lipinski definition) is 4. The Balaban J connectivity index is 0.000000324. The Hall–Kier alpha value is -3.62. The molecule has 0 aliphatic heterocycles. The first kappa shape index (κ1) is 15.4. The minimum atomic E-state index is 0. The van der Waals surface area contributed by atoms with Crippen molar-refractivity contribution in [3.05, 3.63) is 59.7 Å². The number of rotatable bonds is 2. The minimum absolute atomic E-state index is 0. The number of hydrogen-bond donors (Lipinski definition) is 2. The summed E-state index contributed by atoms with van der Waals surface area (Å²) >= 11 is 0. The molecule has 0 spiro atoms. The van der Waals surface area contributed by atoms with Crippen LogP contribution in [0.25, 0.3) is 0 Å². The van der Waals surface area contributed by atoms with Gasteiger partial charge in [-0.05, 0) is 48.5 Å². The van der Waals surface area contributed by atoms with E-state index in [1.165, 1.54) is 24.3 Å². The Bertz CT molecular complexity index is 456. The van der Waals surface area contributed by atoms with Crippen LogP contribution in [-0.2, 0) is 0 Å². The quantitative estimate of drug-likeness (QED) is 0.608. The number of carbonyl (C=O) groups excluding carboxylic acids is 2. The topological polar surface area (TPSA) is 74.6 Å². The largest absolute Gasteiger partial charge is 0.508 e. The van der Waals surface area contributed by atoms with E-state index >= 15 is 0 Å². The van der Waals surface area contributed by atoms with Crippen LogP contribution in [0.5, 0.6) is 11.5 Å². The van der Waals surface area contributed by atoms with Gasteiger partial charge in [-0.15, -0.1) is 0 Å². The molecule has 0 aromatic heterocycles. The molecule has 4 nitrogen and oxygen atoms in total. The van der Waals surface area contributed by atoms with E-state index in [0.29, 0.717) is 11.1 Å². The second kappa shape index (κ2) is 7.62. The standard InChI is InChI=1S/2C7H6O2.Rf/c2*8-5-6-1-3-7(9)4-2-6;/h2*1-5,9H;. The van der Waals surface area contributed by atoms with Gasteiger partial charge >= 0.3 is 0 Å². The van der Waals surface area contributed by atoms with E-state index in [9.17, 15) is 9.59 Å². The van der Waals surface area contributed by atoms with Crippen LogP contribution < -0.4 is 0 Å². The first-order chi connectivity index (χ1) is 8.65. The summed E-state index contributed by atoms with van der Waals surface area (Å²) in [6.07, 6.45) is 1.47. The molecule has 0 fully saturated rings. The summed E-state index contributed by atoms with van der Waals surface area (Å²) in [5, 5.41) is 17.5. The van der Waals surface area contributed by atoms with E-state index in [2.05, 4.69) is 0 Å². The van der Waals surface area contributed by atoms with Crippen molar-refractivity contribution < 1.29 is 19.8 Å². The summed E-state index contributed by atoms with van der Waals surface area (Å²) in [5.74, 6) is 0.362. The average Bonchev–Trinajstić information content (AvgIpc) is 2.41. The zero-order valence-electron chi connectivity index (χ0n) is 10.2. The first-order valence-corrected chi connectivity index (χ1v) is 5.14. The van der Waals surface area contributed by atoms with Crippen LogP contribution in [0.2, 0.25) is 0 Å². The molecule has 2 rings (SSSR count). The van der Waals surface area contributed by atoms with Crippen LogP contribution in [0.4, 0.5) is 0 Å². The number of phenols is 2. The number of benzene rings is 2. The van der Waals surface area contributed by atoms with Crippen molar-refractivity contribution >= 4 is 12.6 Å². The fraction of sp³-hybridized carbons (Fsp3) is 0. The number of phenolic OH excluding ortho intramolecular Hbond substituents is 2. The molecule has 0 atom stereocenters. The molecule has 5 heteroatoms. The van der Waals surface area contributed by atoms with E-state index < -0.39 is 0 Å². The molecule has 2 aromatic rings. The van der Waals surface area contributed by atoms with Crippen molar-refractivity contribution in [3.8, 4) is 11.5 Å². The molecule has 0 aliphatic rings. The normalized spacial score (nSPS) is 8.42. The van der Waals surface area contributed by atoms with Gasteiger partial charge in [0.2, 0.25) is 0 Å². The maximum absolute atomic E-state index is 10.0. The molecule has 0 saturated carbocycles. The zero-order valence-corrected chi connectivity index (χ0v) is 16.6. The summed E-state index contributed by atoms with van der Waals surface area (Å²) in [7, 11) is 0. The summed E-state index contributed by atoms with van der Waals surface area (Å²) in [6, 6.07) is 12.1. The SMILES string of the molecule is O=Cc1ccc(O)cc1.O=Cc1ccc(O)cc1.[Rf]. The van der Waals surface area contributed by atoms with Crippen LogP contribution in [0, 0.1) is 0 Å². The third kappa shape index (κ3) is 5.31. The molecule has 0 bridgehead atoms. The zero-order chi connectivity index (χ0) is 13.4. The van der Waals surface area contributed by atoms with E-state index in [1.807, 2.05) is 0 Å². The molecule has 0 saturated heterocycles. The molecule has 0 radical (unpaired) electrons. The van der Waals surface area contributed by atoms with Crippen molar-refractivity contribution in [2.24, 2.45) is 0 Å². The summed E-state index contributed by atoms with van der Waals surface area (Å²) in [6.45, 7) is 0. The van der Waals surface area contributed by atoms with Crippen LogP contribution >= 0.6 is 0 Å². The van der Waals surface area contributed by atoms with E-state index in [4.69, 9.17) is 10.2 Å². The minimum Gasteiger partial charge on any atom is -0.508 e. The van der Waals surface area contributed by atoms with Crippen LogP contribution in [0.3, 0.4) is 0 Å². The van der Waals surface area contributed by atoms with Crippen molar-refractivity contribution in [3.63, 3.8) is 0 Å². The molecule has 0 unspecified atom stereocenters. The number of carbonyl (C=O) groups is 2. The molecule has 94 valence electrons. The first-order valence-electron chi connectivity index (χ1n) is 5.14. The Kier molecular flexibility index (Phi) is 6.17.